The second-order valence-corrected chi connectivity index (χ2v) is 5.03. The van der Waals surface area contributed by atoms with Crippen LogP contribution >= 0.6 is 27.7 Å². The predicted octanol–water partition coefficient (Wildman–Crippen LogP) is 2.10. The lowest BCUT2D eigenvalue weighted by atomic mass is 10.3. The molecule has 10 heteroatoms. The average molecular weight is 353 g/mol. The minimum Gasteiger partial charge on any atom is -0.769 e. The molecule has 0 saturated carbocycles. The number of rotatable bonds is 5. The van der Waals surface area contributed by atoms with E-state index >= 15 is 0 Å². The molecule has 1 aromatic carbocycles. The zero-order chi connectivity index (χ0) is 14.6. The maximum absolute atomic E-state index is 11.0. The van der Waals surface area contributed by atoms with Crippen LogP contribution in [0.3, 0.4) is 0 Å². The normalized spacial score (nSPS) is 10.2. The zero-order valence-electron chi connectivity index (χ0n) is 9.57. The van der Waals surface area contributed by atoms with Crippen LogP contribution in [-0.2, 0) is 9.53 Å². The maximum atomic E-state index is 11.0. The van der Waals surface area contributed by atoms with Crippen LogP contribution in [0.25, 0.3) is 0 Å². The van der Waals surface area contributed by atoms with E-state index in [2.05, 4.69) is 20.7 Å². The van der Waals surface area contributed by atoms with E-state index in [9.17, 15) is 15.2 Å². The molecule has 0 saturated heterocycles. The molecule has 1 aromatic rings. The monoisotopic (exact) mass is 352 g/mol. The van der Waals surface area contributed by atoms with Gasteiger partial charge < -0.3 is 20.4 Å². The van der Waals surface area contributed by atoms with Crippen LogP contribution in [0.15, 0.2) is 21.5 Å². The second kappa shape index (κ2) is 6.93. The summed E-state index contributed by atoms with van der Waals surface area (Å²) in [6.07, 6.45) is 0. The molecular formula is C9H9BrN2O6S-2. The summed E-state index contributed by atoms with van der Waals surface area (Å²) in [6.45, 7) is 0. The first-order valence-corrected chi connectivity index (χ1v) is 6.50. The molecule has 1 rings (SSSR count). The van der Waals surface area contributed by atoms with Gasteiger partial charge in [0.1, 0.15) is 5.69 Å². The second-order valence-electron chi connectivity index (χ2n) is 3.19. The Hall–Kier alpha value is -1.04. The Bertz CT molecular complexity index is 470. The van der Waals surface area contributed by atoms with Crippen LogP contribution in [0.1, 0.15) is 0 Å². The molecule has 0 radical (unpaired) electrons. The topological polar surface area (TPSA) is 119 Å². The number of methoxy groups -OCH3 is 1. The number of nitrogens with zero attached hydrogens (tertiary/aromatic N) is 2. The summed E-state index contributed by atoms with van der Waals surface area (Å²) in [6, 6.07) is 2.18. The van der Waals surface area contributed by atoms with Crippen molar-refractivity contribution in [2.24, 2.45) is 0 Å². The number of halogens is 1. The van der Waals surface area contributed by atoms with E-state index in [0.29, 0.717) is 0 Å². The van der Waals surface area contributed by atoms with Gasteiger partial charge in [0.25, 0.3) is 0 Å². The Morgan fingerprint density at radius 3 is 2.58 bits per heavy atom. The number of benzene rings is 1. The van der Waals surface area contributed by atoms with E-state index in [1.807, 2.05) is 0 Å². The Labute approximate surface area is 120 Å². The summed E-state index contributed by atoms with van der Waals surface area (Å²) in [5.41, 5.74) is -0.535. The summed E-state index contributed by atoms with van der Waals surface area (Å²) >= 11 is 4.03. The molecule has 0 heterocycles. The summed E-state index contributed by atoms with van der Waals surface area (Å²) in [7, 11) is 1.22. The quantitative estimate of drug-likeness (QED) is 0.466. The number of carbonyl (C=O) groups is 1. The number of ether oxygens (including phenoxy) is 1. The Kier molecular flexibility index (Phi) is 5.85. The van der Waals surface area contributed by atoms with Gasteiger partial charge in [-0.1, -0.05) is 0 Å². The number of anilines is 2. The van der Waals surface area contributed by atoms with E-state index in [0.717, 1.165) is 17.8 Å². The highest BCUT2D eigenvalue weighted by atomic mass is 79.9. The standard InChI is InChI=1S/C9H9BrN2O6S/c1-18-8(13)4-19-9-6(10)2-5(11(14)15)3-7(9)12(16)17/h2-3,16-17H,4H2,1H3/q-2. The Morgan fingerprint density at radius 2 is 2.11 bits per heavy atom. The molecule has 0 aliphatic heterocycles. The molecule has 2 N–H and O–H groups in total. The van der Waals surface area contributed by atoms with Crippen molar-refractivity contribution in [3.8, 4) is 0 Å². The van der Waals surface area contributed by atoms with E-state index in [4.69, 9.17) is 10.4 Å². The molecule has 0 amide bonds. The van der Waals surface area contributed by atoms with Crippen molar-refractivity contribution in [1.29, 1.82) is 0 Å². The largest absolute Gasteiger partial charge is 0.769 e. The summed E-state index contributed by atoms with van der Waals surface area (Å²) in [4.78, 5) is 11.3. The van der Waals surface area contributed by atoms with Crippen molar-refractivity contribution >= 4 is 45.0 Å². The molecule has 0 spiro atoms. The van der Waals surface area contributed by atoms with Crippen molar-refractivity contribution in [2.75, 3.05) is 23.3 Å². The number of hydrogen-bond donors (Lipinski definition) is 2. The lowest BCUT2D eigenvalue weighted by Gasteiger charge is -2.38. The third-order valence-corrected chi connectivity index (χ3v) is 3.98. The minimum absolute atomic E-state index is 0.0756. The van der Waals surface area contributed by atoms with Crippen LogP contribution in [0.4, 0.5) is 11.4 Å². The van der Waals surface area contributed by atoms with Gasteiger partial charge in [0.2, 0.25) is 0 Å². The molecule has 8 nitrogen and oxygen atoms in total. The fraction of sp³-hybridized carbons (Fsp3) is 0.222. The lowest BCUT2D eigenvalue weighted by molar-refractivity contribution is -0.137. The Balaban J connectivity index is 3.11. The average Bonchev–Trinajstić information content (AvgIpc) is 2.35. The minimum atomic E-state index is -0.674. The van der Waals surface area contributed by atoms with Crippen LogP contribution in [0.5, 0.6) is 0 Å². The van der Waals surface area contributed by atoms with Crippen molar-refractivity contribution in [3.05, 3.63) is 27.0 Å². The Morgan fingerprint density at radius 1 is 1.47 bits per heavy atom. The molecule has 0 atom stereocenters. The SMILES string of the molecule is COC(=O)CSc1c(Br)cc(N([O-])[O-])cc1N(O)O. The maximum Gasteiger partial charge on any atom is 0.315 e. The molecule has 0 fully saturated rings. The molecule has 0 bridgehead atoms. The van der Waals surface area contributed by atoms with Gasteiger partial charge in [0.05, 0.1) is 17.8 Å². The molecule has 19 heavy (non-hydrogen) atoms. The summed E-state index contributed by atoms with van der Waals surface area (Å²) in [5, 5.41) is 38.6. The fourth-order valence-electron chi connectivity index (χ4n) is 1.15. The first kappa shape index (κ1) is 16.0. The molecule has 0 aliphatic rings. The van der Waals surface area contributed by atoms with Gasteiger partial charge in [0, 0.05) is 10.2 Å². The van der Waals surface area contributed by atoms with Gasteiger partial charge in [-0.15, -0.1) is 17.0 Å². The van der Waals surface area contributed by atoms with E-state index in [1.165, 1.54) is 13.2 Å². The zero-order valence-corrected chi connectivity index (χ0v) is 12.0. The van der Waals surface area contributed by atoms with Crippen molar-refractivity contribution < 1.29 is 19.9 Å². The van der Waals surface area contributed by atoms with Gasteiger partial charge >= 0.3 is 5.97 Å². The van der Waals surface area contributed by atoms with E-state index in [-0.39, 0.29) is 31.7 Å². The van der Waals surface area contributed by atoms with Crippen molar-refractivity contribution in [1.82, 2.24) is 0 Å². The van der Waals surface area contributed by atoms with Crippen molar-refractivity contribution in [3.63, 3.8) is 0 Å². The van der Waals surface area contributed by atoms with Crippen LogP contribution < -0.4 is 10.5 Å². The van der Waals surface area contributed by atoms with Gasteiger partial charge in [-0.3, -0.25) is 15.2 Å². The third-order valence-electron chi connectivity index (χ3n) is 2.00. The smallest absolute Gasteiger partial charge is 0.315 e. The molecular weight excluding hydrogens is 344 g/mol. The number of hydrogen-bond acceptors (Lipinski definition) is 9. The summed E-state index contributed by atoms with van der Waals surface area (Å²) in [5.74, 6) is -0.586. The number of esters is 1. The van der Waals surface area contributed by atoms with Crippen LogP contribution in [-0.4, -0.2) is 29.2 Å². The molecule has 0 unspecified atom stereocenters. The number of thioether (sulfide) groups is 1. The highest BCUT2D eigenvalue weighted by Crippen LogP contribution is 2.39. The van der Waals surface area contributed by atoms with Crippen LogP contribution in [0, 0.1) is 10.4 Å². The van der Waals surface area contributed by atoms with E-state index < -0.39 is 11.2 Å². The van der Waals surface area contributed by atoms with Gasteiger partial charge in [-0.25, -0.2) is 0 Å². The lowest BCUT2D eigenvalue weighted by Crippen LogP contribution is -2.14. The van der Waals surface area contributed by atoms with Gasteiger partial charge in [-0.2, -0.15) is 0 Å². The third kappa shape index (κ3) is 4.23. The van der Waals surface area contributed by atoms with Gasteiger partial charge in [0.15, 0.2) is 0 Å². The molecule has 0 aliphatic carbocycles. The summed E-state index contributed by atoms with van der Waals surface area (Å²) < 4.78 is 4.71. The van der Waals surface area contributed by atoms with Crippen LogP contribution in [0.2, 0.25) is 0 Å². The highest BCUT2D eigenvalue weighted by Gasteiger charge is 2.15. The fourth-order valence-corrected chi connectivity index (χ4v) is 2.80. The molecule has 106 valence electrons. The molecule has 0 aromatic heterocycles. The van der Waals surface area contributed by atoms with E-state index in [1.54, 1.807) is 0 Å². The number of carbonyl (C=O) groups excluding carboxylic acids is 1. The first-order chi connectivity index (χ1) is 8.86. The first-order valence-electron chi connectivity index (χ1n) is 4.72. The van der Waals surface area contributed by atoms with Gasteiger partial charge in [-0.05, 0) is 28.1 Å². The van der Waals surface area contributed by atoms with Crippen molar-refractivity contribution in [2.45, 2.75) is 4.90 Å². The predicted molar refractivity (Wildman–Crippen MR) is 72.1 cm³/mol. The highest BCUT2D eigenvalue weighted by molar-refractivity contribution is 9.10.